The zero-order valence-corrected chi connectivity index (χ0v) is 18.1. The van der Waals surface area contributed by atoms with Crippen LogP contribution in [0.5, 0.6) is 5.75 Å². The van der Waals surface area contributed by atoms with E-state index in [1.165, 1.54) is 13.2 Å². The number of ether oxygens (including phenoxy) is 1. The topological polar surface area (TPSA) is 91.1 Å². The van der Waals surface area contributed by atoms with Crippen LogP contribution in [0.1, 0.15) is 41.7 Å². The maximum Gasteiger partial charge on any atom is 0.255 e. The van der Waals surface area contributed by atoms with Crippen molar-refractivity contribution in [1.29, 1.82) is 0 Å². The van der Waals surface area contributed by atoms with Gasteiger partial charge in [0.15, 0.2) is 11.6 Å². The monoisotopic (exact) mass is 435 g/mol. The number of amides is 1. The van der Waals surface area contributed by atoms with Gasteiger partial charge < -0.3 is 25.7 Å². The quantitative estimate of drug-likeness (QED) is 0.481. The molecular formula is C24H26FN5O2. The highest BCUT2D eigenvalue weighted by Crippen LogP contribution is 2.44. The lowest BCUT2D eigenvalue weighted by Gasteiger charge is -2.25. The molecule has 2 unspecified atom stereocenters. The molecule has 1 amide bonds. The van der Waals surface area contributed by atoms with Crippen LogP contribution in [0, 0.1) is 11.7 Å². The molecule has 166 valence electrons. The smallest absolute Gasteiger partial charge is 0.255 e. The van der Waals surface area contributed by atoms with Gasteiger partial charge in [-0.3, -0.25) is 9.78 Å². The molecule has 2 bridgehead atoms. The Morgan fingerprint density at radius 3 is 2.91 bits per heavy atom. The molecule has 7 nitrogen and oxygen atoms in total. The summed E-state index contributed by atoms with van der Waals surface area (Å²) in [6.07, 6.45) is 5.50. The lowest BCUT2D eigenvalue weighted by Crippen LogP contribution is -2.35. The number of carbonyl (C=O) groups excluding carboxylic acids is 1. The second-order valence-corrected chi connectivity index (χ2v) is 8.50. The number of nitrogens with zero attached hydrogens (tertiary/aromatic N) is 1. The van der Waals surface area contributed by atoms with E-state index in [4.69, 9.17) is 4.74 Å². The fourth-order valence-corrected chi connectivity index (χ4v) is 4.62. The highest BCUT2D eigenvalue weighted by Gasteiger charge is 2.34. The lowest BCUT2D eigenvalue weighted by atomic mass is 9.89. The molecule has 0 radical (unpaired) electrons. The van der Waals surface area contributed by atoms with Crippen molar-refractivity contribution in [3.63, 3.8) is 0 Å². The summed E-state index contributed by atoms with van der Waals surface area (Å²) in [4.78, 5) is 20.9. The number of para-hydroxylation sites is 1. The van der Waals surface area contributed by atoms with Gasteiger partial charge in [0, 0.05) is 36.5 Å². The summed E-state index contributed by atoms with van der Waals surface area (Å²) in [6, 6.07) is 6.61. The van der Waals surface area contributed by atoms with Crippen molar-refractivity contribution < 1.29 is 13.9 Å². The number of H-pyrrole nitrogens is 1. The Labute approximate surface area is 185 Å². The minimum atomic E-state index is -0.472. The minimum Gasteiger partial charge on any atom is -0.492 e. The number of pyridine rings is 1. The first kappa shape index (κ1) is 20.4. The van der Waals surface area contributed by atoms with Crippen molar-refractivity contribution in [3.8, 4) is 17.0 Å². The molecule has 1 aromatic carbocycles. The predicted octanol–water partition coefficient (Wildman–Crippen LogP) is 4.64. The fourth-order valence-electron chi connectivity index (χ4n) is 4.62. The third-order valence-electron chi connectivity index (χ3n) is 6.34. The number of aromatic amines is 1. The fraction of sp³-hybridized carbons (Fsp3) is 0.333. The Hall–Kier alpha value is -3.55. The van der Waals surface area contributed by atoms with Crippen molar-refractivity contribution in [2.45, 2.75) is 25.7 Å². The molecule has 5 rings (SSSR count). The summed E-state index contributed by atoms with van der Waals surface area (Å²) in [6.45, 7) is 3.65. The van der Waals surface area contributed by atoms with Crippen molar-refractivity contribution in [3.05, 3.63) is 53.7 Å². The van der Waals surface area contributed by atoms with Crippen LogP contribution in [0.3, 0.4) is 0 Å². The molecule has 4 N–H and O–H groups in total. The van der Waals surface area contributed by atoms with Crippen LogP contribution in [0.15, 0.2) is 36.7 Å². The predicted molar refractivity (Wildman–Crippen MR) is 122 cm³/mol. The van der Waals surface area contributed by atoms with E-state index in [2.05, 4.69) is 32.8 Å². The van der Waals surface area contributed by atoms with E-state index in [-0.39, 0.29) is 17.6 Å². The summed E-state index contributed by atoms with van der Waals surface area (Å²) in [5, 5.41) is 9.87. The molecule has 4 heterocycles. The maximum atomic E-state index is 14.4. The minimum absolute atomic E-state index is 0.101. The van der Waals surface area contributed by atoms with Crippen molar-refractivity contribution in [1.82, 2.24) is 15.3 Å². The number of hydrogen-bond acceptors (Lipinski definition) is 5. The number of methoxy groups -OCH3 is 1. The first-order valence-corrected chi connectivity index (χ1v) is 10.9. The maximum absolute atomic E-state index is 14.4. The molecule has 2 aromatic heterocycles. The summed E-state index contributed by atoms with van der Waals surface area (Å²) in [5.74, 6) is 0.136. The van der Waals surface area contributed by atoms with Gasteiger partial charge in [0.25, 0.3) is 5.91 Å². The van der Waals surface area contributed by atoms with Crippen LogP contribution in [-0.4, -0.2) is 36.1 Å². The number of anilines is 3. The largest absolute Gasteiger partial charge is 0.492 e. The highest BCUT2D eigenvalue weighted by molar-refractivity contribution is 6.07. The molecule has 0 saturated heterocycles. The Bertz CT molecular complexity index is 1180. The van der Waals surface area contributed by atoms with E-state index in [9.17, 15) is 9.18 Å². The highest BCUT2D eigenvalue weighted by atomic mass is 19.1. The number of halogens is 1. The number of rotatable bonds is 3. The number of carbonyl (C=O) groups is 1. The molecule has 0 saturated carbocycles. The summed E-state index contributed by atoms with van der Waals surface area (Å²) < 4.78 is 19.7. The standard InChI is InChI=1S/C24H26FN5O2/c1-13-6-7-14-11-28-24(31)19-20(14)30-21(15-8-9-26-12-18(15)27-10-13)22(19)29-17-5-3-4-16(25)23(17)32-2/h3-5,8-9,12-14,27,29-30H,6-7,10-11H2,1-2H3,(H,28,31). The van der Waals surface area contributed by atoms with Gasteiger partial charge in [0.05, 0.1) is 41.6 Å². The van der Waals surface area contributed by atoms with E-state index in [1.54, 1.807) is 24.5 Å². The van der Waals surface area contributed by atoms with Gasteiger partial charge in [0.2, 0.25) is 0 Å². The molecular weight excluding hydrogens is 409 g/mol. The zero-order valence-electron chi connectivity index (χ0n) is 18.1. The van der Waals surface area contributed by atoms with Gasteiger partial charge >= 0.3 is 0 Å². The van der Waals surface area contributed by atoms with Crippen LogP contribution in [0.25, 0.3) is 11.3 Å². The Balaban J connectivity index is 1.73. The Morgan fingerprint density at radius 2 is 2.06 bits per heavy atom. The number of aromatic nitrogens is 2. The second kappa shape index (κ2) is 8.18. The SMILES string of the molecule is COc1c(F)cccc1Nc1c2[nH]c3c1C(=O)NCC3CCC(C)CNc1cnccc1-2. The van der Waals surface area contributed by atoms with Gasteiger partial charge in [0.1, 0.15) is 0 Å². The number of hydrogen-bond donors (Lipinski definition) is 4. The molecule has 0 fully saturated rings. The molecule has 3 aromatic rings. The zero-order chi connectivity index (χ0) is 22.2. The average Bonchev–Trinajstić information content (AvgIpc) is 3.16. The van der Waals surface area contributed by atoms with Crippen molar-refractivity contribution in [2.75, 3.05) is 30.8 Å². The molecule has 2 aliphatic heterocycles. The van der Waals surface area contributed by atoms with Gasteiger partial charge in [-0.1, -0.05) is 13.0 Å². The molecule has 0 aliphatic carbocycles. The molecule has 2 atom stereocenters. The summed E-state index contributed by atoms with van der Waals surface area (Å²) in [7, 11) is 1.43. The van der Waals surface area contributed by atoms with Crippen LogP contribution >= 0.6 is 0 Å². The first-order chi connectivity index (χ1) is 15.6. The van der Waals surface area contributed by atoms with Crippen LogP contribution < -0.4 is 20.7 Å². The lowest BCUT2D eigenvalue weighted by molar-refractivity contribution is 0.0939. The number of nitrogens with one attached hydrogen (secondary N) is 4. The van der Waals surface area contributed by atoms with Gasteiger partial charge in [-0.15, -0.1) is 0 Å². The molecule has 2 aliphatic rings. The van der Waals surface area contributed by atoms with Crippen LogP contribution in [0.2, 0.25) is 0 Å². The molecule has 0 spiro atoms. The van der Waals surface area contributed by atoms with Crippen LogP contribution in [0.4, 0.5) is 21.5 Å². The van der Waals surface area contributed by atoms with E-state index in [1.807, 2.05) is 6.07 Å². The number of benzene rings is 1. The van der Waals surface area contributed by atoms with E-state index >= 15 is 0 Å². The summed E-state index contributed by atoms with van der Waals surface area (Å²) >= 11 is 0. The van der Waals surface area contributed by atoms with E-state index < -0.39 is 5.82 Å². The molecule has 32 heavy (non-hydrogen) atoms. The first-order valence-electron chi connectivity index (χ1n) is 10.9. The van der Waals surface area contributed by atoms with E-state index in [0.29, 0.717) is 29.4 Å². The van der Waals surface area contributed by atoms with E-state index in [0.717, 1.165) is 42.0 Å². The van der Waals surface area contributed by atoms with Gasteiger partial charge in [-0.25, -0.2) is 4.39 Å². The summed E-state index contributed by atoms with van der Waals surface area (Å²) in [5.41, 5.74) is 5.09. The van der Waals surface area contributed by atoms with Crippen LogP contribution in [-0.2, 0) is 0 Å². The van der Waals surface area contributed by atoms with Crippen molar-refractivity contribution in [2.24, 2.45) is 5.92 Å². The third-order valence-corrected chi connectivity index (χ3v) is 6.34. The Kier molecular flexibility index (Phi) is 5.20. The Morgan fingerprint density at radius 1 is 1.19 bits per heavy atom. The normalized spacial score (nSPS) is 19.8. The molecule has 8 heteroatoms. The third kappa shape index (κ3) is 3.45. The number of fused-ring (bicyclic) bond motifs is 3. The van der Waals surface area contributed by atoms with Crippen molar-refractivity contribution >= 4 is 23.0 Å². The second-order valence-electron chi connectivity index (χ2n) is 8.50. The van der Waals surface area contributed by atoms with Gasteiger partial charge in [-0.2, -0.15) is 0 Å². The van der Waals surface area contributed by atoms with Gasteiger partial charge in [-0.05, 0) is 37.0 Å². The average molecular weight is 436 g/mol.